The lowest BCUT2D eigenvalue weighted by molar-refractivity contribution is -0.120. The van der Waals surface area contributed by atoms with Crippen LogP contribution in [0.3, 0.4) is 0 Å². The molecule has 0 bridgehead atoms. The van der Waals surface area contributed by atoms with E-state index in [-0.39, 0.29) is 11.3 Å². The van der Waals surface area contributed by atoms with Crippen LogP contribution in [-0.2, 0) is 16.8 Å². The lowest BCUT2D eigenvalue weighted by Gasteiger charge is -2.14. The van der Waals surface area contributed by atoms with Crippen LogP contribution in [0.2, 0.25) is 0 Å². The minimum absolute atomic E-state index is 0.117. The molecule has 1 aliphatic rings. The Morgan fingerprint density at radius 2 is 1.88 bits per heavy atom. The zero-order valence-electron chi connectivity index (χ0n) is 14.9. The van der Waals surface area contributed by atoms with Crippen molar-refractivity contribution in [2.24, 2.45) is 5.41 Å². The molecule has 1 aromatic heterocycles. The second-order valence-corrected chi connectivity index (χ2v) is 9.46. The summed E-state index contributed by atoms with van der Waals surface area (Å²) < 4.78 is 0.831. The Morgan fingerprint density at radius 3 is 2.40 bits per heavy atom. The van der Waals surface area contributed by atoms with Crippen molar-refractivity contribution < 1.29 is 4.79 Å². The van der Waals surface area contributed by atoms with Crippen LogP contribution in [-0.4, -0.2) is 20.0 Å². The Hall–Kier alpha value is -1.52. The standard InChI is InChI=1S/C19H23Cl2N3O/c1-17(2,3)14-10-15(22-16(25)18(4)12-19(18,20)21)24(23-14)11-13-8-6-5-7-9-13/h5-10H,11-12H2,1-4H3,(H,22,25). The first-order valence-corrected chi connectivity index (χ1v) is 9.10. The van der Waals surface area contributed by atoms with Crippen LogP contribution in [0.5, 0.6) is 0 Å². The first-order chi connectivity index (χ1) is 11.5. The number of aromatic nitrogens is 2. The summed E-state index contributed by atoms with van der Waals surface area (Å²) in [7, 11) is 0. The van der Waals surface area contributed by atoms with Gasteiger partial charge in [-0.25, -0.2) is 4.68 Å². The van der Waals surface area contributed by atoms with Gasteiger partial charge in [0.25, 0.3) is 0 Å². The summed E-state index contributed by atoms with van der Waals surface area (Å²) in [5.74, 6) is 0.489. The normalized spacial score (nSPS) is 21.8. The SMILES string of the molecule is CC(C)(C)c1cc(NC(=O)C2(C)CC2(Cl)Cl)n(Cc2ccccc2)n1. The number of carbonyl (C=O) groups excluding carboxylic acids is 1. The molecule has 1 atom stereocenters. The molecular formula is C19H23Cl2N3O. The molecule has 1 aromatic carbocycles. The number of anilines is 1. The van der Waals surface area contributed by atoms with Crippen molar-refractivity contribution in [2.75, 3.05) is 5.32 Å². The quantitative estimate of drug-likeness (QED) is 0.778. The molecule has 1 amide bonds. The number of nitrogens with zero attached hydrogens (tertiary/aromatic N) is 2. The summed E-state index contributed by atoms with van der Waals surface area (Å²) in [5, 5.41) is 7.68. The van der Waals surface area contributed by atoms with Crippen molar-refractivity contribution >= 4 is 34.9 Å². The molecule has 4 nitrogen and oxygen atoms in total. The zero-order chi connectivity index (χ0) is 18.5. The smallest absolute Gasteiger partial charge is 0.234 e. The van der Waals surface area contributed by atoms with E-state index in [1.165, 1.54) is 0 Å². The Kier molecular flexibility index (Phi) is 4.41. The fourth-order valence-electron chi connectivity index (χ4n) is 2.66. The topological polar surface area (TPSA) is 46.9 Å². The Labute approximate surface area is 158 Å². The van der Waals surface area contributed by atoms with E-state index >= 15 is 0 Å². The lowest BCUT2D eigenvalue weighted by atomic mass is 9.92. The number of hydrogen-bond donors (Lipinski definition) is 1. The van der Waals surface area contributed by atoms with Gasteiger partial charge in [-0.2, -0.15) is 5.10 Å². The molecule has 1 unspecified atom stereocenters. The predicted molar refractivity (Wildman–Crippen MR) is 102 cm³/mol. The molecule has 2 aromatic rings. The predicted octanol–water partition coefficient (Wildman–Crippen LogP) is 4.75. The van der Waals surface area contributed by atoms with Gasteiger partial charge < -0.3 is 5.32 Å². The minimum atomic E-state index is -0.992. The van der Waals surface area contributed by atoms with Gasteiger partial charge in [0, 0.05) is 11.5 Å². The van der Waals surface area contributed by atoms with Crippen molar-refractivity contribution in [3.05, 3.63) is 47.7 Å². The number of carbonyl (C=O) groups is 1. The van der Waals surface area contributed by atoms with E-state index in [9.17, 15) is 4.79 Å². The van der Waals surface area contributed by atoms with Crippen LogP contribution in [0.1, 0.15) is 45.4 Å². The van der Waals surface area contributed by atoms with Gasteiger partial charge in [-0.3, -0.25) is 4.79 Å². The number of alkyl halides is 2. The van der Waals surface area contributed by atoms with Crippen molar-refractivity contribution in [2.45, 2.75) is 50.4 Å². The van der Waals surface area contributed by atoms with E-state index in [2.05, 4.69) is 26.1 Å². The van der Waals surface area contributed by atoms with E-state index in [0.29, 0.717) is 18.8 Å². The van der Waals surface area contributed by atoms with Crippen LogP contribution in [0.15, 0.2) is 36.4 Å². The van der Waals surface area contributed by atoms with Gasteiger partial charge in [0.05, 0.1) is 17.7 Å². The first-order valence-electron chi connectivity index (χ1n) is 8.34. The average Bonchev–Trinajstić information content (AvgIpc) is 2.85. The van der Waals surface area contributed by atoms with Gasteiger partial charge in [-0.1, -0.05) is 51.1 Å². The summed E-state index contributed by atoms with van der Waals surface area (Å²) in [6, 6.07) is 12.0. The molecule has 1 heterocycles. The third kappa shape index (κ3) is 3.56. The number of nitrogens with one attached hydrogen (secondary N) is 1. The number of amides is 1. The van der Waals surface area contributed by atoms with E-state index in [1.807, 2.05) is 41.1 Å². The second kappa shape index (κ2) is 6.03. The van der Waals surface area contributed by atoms with Crippen LogP contribution in [0, 0.1) is 5.41 Å². The highest BCUT2D eigenvalue weighted by Gasteiger charge is 2.68. The largest absolute Gasteiger partial charge is 0.310 e. The Morgan fingerprint density at radius 1 is 1.28 bits per heavy atom. The van der Waals surface area contributed by atoms with Gasteiger partial charge in [-0.05, 0) is 18.9 Å². The Balaban J connectivity index is 1.89. The van der Waals surface area contributed by atoms with Crippen molar-refractivity contribution in [1.82, 2.24) is 9.78 Å². The van der Waals surface area contributed by atoms with Crippen LogP contribution < -0.4 is 5.32 Å². The molecule has 134 valence electrons. The highest BCUT2D eigenvalue weighted by Crippen LogP contribution is 2.64. The Bertz CT molecular complexity index is 793. The highest BCUT2D eigenvalue weighted by molar-refractivity contribution is 6.53. The molecule has 3 rings (SSSR count). The fourth-order valence-corrected chi connectivity index (χ4v) is 3.37. The van der Waals surface area contributed by atoms with Gasteiger partial charge in [0.15, 0.2) is 0 Å². The second-order valence-electron chi connectivity index (χ2n) is 7.98. The van der Waals surface area contributed by atoms with Crippen molar-refractivity contribution in [1.29, 1.82) is 0 Å². The van der Waals surface area contributed by atoms with E-state index < -0.39 is 9.75 Å². The number of benzene rings is 1. The lowest BCUT2D eigenvalue weighted by Crippen LogP contribution is -2.27. The number of halogens is 2. The maximum atomic E-state index is 12.7. The van der Waals surface area contributed by atoms with E-state index in [0.717, 1.165) is 11.3 Å². The van der Waals surface area contributed by atoms with Crippen LogP contribution in [0.25, 0.3) is 0 Å². The van der Waals surface area contributed by atoms with E-state index in [1.54, 1.807) is 6.92 Å². The van der Waals surface area contributed by atoms with Crippen molar-refractivity contribution in [3.63, 3.8) is 0 Å². The fraction of sp³-hybridized carbons (Fsp3) is 0.474. The number of hydrogen-bond acceptors (Lipinski definition) is 2. The molecule has 25 heavy (non-hydrogen) atoms. The van der Waals surface area contributed by atoms with E-state index in [4.69, 9.17) is 28.3 Å². The van der Waals surface area contributed by atoms with Gasteiger partial charge >= 0.3 is 0 Å². The minimum Gasteiger partial charge on any atom is -0.310 e. The molecule has 1 N–H and O–H groups in total. The first kappa shape index (κ1) is 18.3. The molecule has 1 saturated carbocycles. The summed E-state index contributed by atoms with van der Waals surface area (Å²) in [6.07, 6.45) is 0.452. The maximum absolute atomic E-state index is 12.7. The number of rotatable bonds is 4. The third-order valence-corrected chi connectivity index (χ3v) is 5.83. The van der Waals surface area contributed by atoms with Crippen LogP contribution in [0.4, 0.5) is 5.82 Å². The molecule has 0 spiro atoms. The van der Waals surface area contributed by atoms with Gasteiger partial charge in [0.1, 0.15) is 10.2 Å². The summed E-state index contributed by atoms with van der Waals surface area (Å²) in [4.78, 5) is 12.7. The molecule has 0 aliphatic heterocycles. The zero-order valence-corrected chi connectivity index (χ0v) is 16.4. The third-order valence-electron chi connectivity index (χ3n) is 4.72. The molecule has 0 saturated heterocycles. The van der Waals surface area contributed by atoms with Gasteiger partial charge in [0.2, 0.25) is 5.91 Å². The monoisotopic (exact) mass is 379 g/mol. The molecule has 0 radical (unpaired) electrons. The van der Waals surface area contributed by atoms with Gasteiger partial charge in [-0.15, -0.1) is 23.2 Å². The van der Waals surface area contributed by atoms with Crippen molar-refractivity contribution in [3.8, 4) is 0 Å². The summed E-state index contributed by atoms with van der Waals surface area (Å²) >= 11 is 12.3. The average molecular weight is 380 g/mol. The maximum Gasteiger partial charge on any atom is 0.234 e. The highest BCUT2D eigenvalue weighted by atomic mass is 35.5. The molecule has 6 heteroatoms. The summed E-state index contributed by atoms with van der Waals surface area (Å²) in [5.41, 5.74) is 1.15. The summed E-state index contributed by atoms with van der Waals surface area (Å²) in [6.45, 7) is 8.65. The molecule has 1 aliphatic carbocycles. The van der Waals surface area contributed by atoms with Crippen LogP contribution >= 0.6 is 23.2 Å². The molecule has 1 fully saturated rings. The molecular weight excluding hydrogens is 357 g/mol.